The van der Waals surface area contributed by atoms with Crippen LogP contribution < -0.4 is 5.46 Å². The molecule has 1 aliphatic rings. The van der Waals surface area contributed by atoms with E-state index in [0.29, 0.717) is 5.69 Å². The first-order chi connectivity index (χ1) is 13.8. The Bertz CT molecular complexity index is 1050. The zero-order valence-corrected chi connectivity index (χ0v) is 17.3. The smallest absolute Gasteiger partial charge is 0.399 e. The highest BCUT2D eigenvalue weighted by atomic mass is 16.7. The highest BCUT2D eigenvalue weighted by molar-refractivity contribution is 6.62. The van der Waals surface area contributed by atoms with Gasteiger partial charge in [0.2, 0.25) is 0 Å². The summed E-state index contributed by atoms with van der Waals surface area (Å²) >= 11 is 0. The zero-order valence-electron chi connectivity index (χ0n) is 17.3. The van der Waals surface area contributed by atoms with Crippen LogP contribution in [-0.2, 0) is 9.31 Å². The van der Waals surface area contributed by atoms with Crippen molar-refractivity contribution in [3.8, 4) is 22.3 Å². The van der Waals surface area contributed by atoms with E-state index < -0.39 is 0 Å². The van der Waals surface area contributed by atoms with Gasteiger partial charge >= 0.3 is 7.12 Å². The molecule has 3 aromatic rings. The Hall–Kier alpha value is -2.87. The Morgan fingerprint density at radius 3 is 1.69 bits per heavy atom. The summed E-state index contributed by atoms with van der Waals surface area (Å²) in [7, 11) is -0.342. The van der Waals surface area contributed by atoms with E-state index in [4.69, 9.17) is 15.9 Å². The monoisotopic (exact) mass is 381 g/mol. The van der Waals surface area contributed by atoms with E-state index in [0.717, 1.165) is 27.7 Å². The molecule has 4 rings (SSSR count). The van der Waals surface area contributed by atoms with Gasteiger partial charge < -0.3 is 9.31 Å². The van der Waals surface area contributed by atoms with Crippen molar-refractivity contribution in [2.75, 3.05) is 0 Å². The van der Waals surface area contributed by atoms with Gasteiger partial charge in [-0.1, -0.05) is 66.7 Å². The Morgan fingerprint density at radius 1 is 0.690 bits per heavy atom. The minimum absolute atomic E-state index is 0.337. The van der Waals surface area contributed by atoms with Crippen molar-refractivity contribution in [3.05, 3.63) is 84.2 Å². The van der Waals surface area contributed by atoms with Crippen LogP contribution in [0.15, 0.2) is 72.8 Å². The van der Waals surface area contributed by atoms with Gasteiger partial charge in [-0.3, -0.25) is 0 Å². The van der Waals surface area contributed by atoms with E-state index in [1.165, 1.54) is 0 Å². The normalized spacial score (nSPS) is 17.1. The highest BCUT2D eigenvalue weighted by Crippen LogP contribution is 2.36. The largest absolute Gasteiger partial charge is 0.494 e. The molecule has 0 aliphatic carbocycles. The molecule has 144 valence electrons. The van der Waals surface area contributed by atoms with Crippen LogP contribution in [0.3, 0.4) is 0 Å². The van der Waals surface area contributed by atoms with Gasteiger partial charge in [0.1, 0.15) is 0 Å². The van der Waals surface area contributed by atoms with E-state index in [-0.39, 0.29) is 18.3 Å². The molecule has 3 aromatic carbocycles. The molecule has 4 heteroatoms. The standard InChI is InChI=1S/C25H24BNO2/c1-24(2)25(3,4)29-26(28-24)22-15-13-19(14-16-22)18-9-11-20(12-10-18)21-7-6-8-23(17-21)27-5/h6-17H,1-4H3. The van der Waals surface area contributed by atoms with Gasteiger partial charge in [-0.25, -0.2) is 4.85 Å². The SMILES string of the molecule is [C-]#[N+]c1cccc(-c2ccc(-c3ccc(B4OC(C)(C)C(C)(C)O4)cc3)cc2)c1. The molecule has 0 bridgehead atoms. The van der Waals surface area contributed by atoms with E-state index in [1.54, 1.807) is 0 Å². The Balaban J connectivity index is 1.53. The van der Waals surface area contributed by atoms with Gasteiger partial charge in [-0.05, 0) is 61.5 Å². The maximum atomic E-state index is 7.18. The molecule has 0 saturated carbocycles. The number of benzene rings is 3. The zero-order chi connectivity index (χ0) is 20.6. The second kappa shape index (κ2) is 7.19. The summed E-state index contributed by atoms with van der Waals surface area (Å²) in [6, 6.07) is 24.5. The van der Waals surface area contributed by atoms with Crippen molar-refractivity contribution in [2.24, 2.45) is 0 Å². The minimum atomic E-state index is -0.342. The fraction of sp³-hybridized carbons (Fsp3) is 0.240. The summed E-state index contributed by atoms with van der Waals surface area (Å²) in [4.78, 5) is 3.51. The lowest BCUT2D eigenvalue weighted by Crippen LogP contribution is -2.41. The highest BCUT2D eigenvalue weighted by Gasteiger charge is 2.51. The summed E-state index contributed by atoms with van der Waals surface area (Å²) in [6.07, 6.45) is 0. The maximum Gasteiger partial charge on any atom is 0.494 e. The van der Waals surface area contributed by atoms with Gasteiger partial charge in [-0.15, -0.1) is 0 Å². The van der Waals surface area contributed by atoms with E-state index in [1.807, 2.05) is 24.3 Å². The average Bonchev–Trinajstić information content (AvgIpc) is 2.95. The molecule has 0 unspecified atom stereocenters. The van der Waals surface area contributed by atoms with Crippen molar-refractivity contribution in [3.63, 3.8) is 0 Å². The molecular formula is C25H24BNO2. The van der Waals surface area contributed by atoms with Crippen molar-refractivity contribution in [2.45, 2.75) is 38.9 Å². The van der Waals surface area contributed by atoms with Gasteiger partial charge in [-0.2, -0.15) is 0 Å². The predicted molar refractivity (Wildman–Crippen MR) is 119 cm³/mol. The maximum absolute atomic E-state index is 7.18. The van der Waals surface area contributed by atoms with E-state index in [9.17, 15) is 0 Å². The third-order valence-corrected chi connectivity index (χ3v) is 5.96. The van der Waals surface area contributed by atoms with Gasteiger partial charge in [0.15, 0.2) is 5.69 Å². The van der Waals surface area contributed by atoms with Crippen molar-refractivity contribution in [1.29, 1.82) is 0 Å². The lowest BCUT2D eigenvalue weighted by molar-refractivity contribution is 0.00578. The van der Waals surface area contributed by atoms with Crippen molar-refractivity contribution >= 4 is 18.3 Å². The molecule has 29 heavy (non-hydrogen) atoms. The minimum Gasteiger partial charge on any atom is -0.399 e. The summed E-state index contributed by atoms with van der Waals surface area (Å²) in [5.41, 5.74) is 5.47. The second-order valence-corrected chi connectivity index (χ2v) is 8.45. The fourth-order valence-corrected chi connectivity index (χ4v) is 3.42. The molecule has 1 aliphatic heterocycles. The molecule has 1 heterocycles. The lowest BCUT2D eigenvalue weighted by atomic mass is 9.78. The number of rotatable bonds is 3. The van der Waals surface area contributed by atoms with Crippen LogP contribution in [0.2, 0.25) is 0 Å². The quantitative estimate of drug-likeness (QED) is 0.418. The van der Waals surface area contributed by atoms with Crippen LogP contribution in [0.25, 0.3) is 27.1 Å². The van der Waals surface area contributed by atoms with Gasteiger partial charge in [0.25, 0.3) is 0 Å². The molecule has 0 spiro atoms. The molecule has 0 N–H and O–H groups in total. The molecule has 0 aromatic heterocycles. The molecule has 0 amide bonds. The average molecular weight is 381 g/mol. The van der Waals surface area contributed by atoms with E-state index >= 15 is 0 Å². The van der Waals surface area contributed by atoms with Crippen molar-refractivity contribution in [1.82, 2.24) is 0 Å². The summed E-state index contributed by atoms with van der Waals surface area (Å²) in [5.74, 6) is 0. The Labute approximate surface area is 173 Å². The first-order valence-corrected chi connectivity index (χ1v) is 9.83. The molecule has 0 atom stereocenters. The summed E-state index contributed by atoms with van der Waals surface area (Å²) in [5, 5.41) is 0. The fourth-order valence-electron chi connectivity index (χ4n) is 3.42. The first-order valence-electron chi connectivity index (χ1n) is 9.83. The molecule has 3 nitrogen and oxygen atoms in total. The summed E-state index contributed by atoms with van der Waals surface area (Å²) < 4.78 is 12.3. The van der Waals surface area contributed by atoms with Crippen LogP contribution in [0, 0.1) is 6.57 Å². The molecular weight excluding hydrogens is 357 g/mol. The number of nitrogens with zero attached hydrogens (tertiary/aromatic N) is 1. The molecule has 1 fully saturated rings. The van der Waals surface area contributed by atoms with Gasteiger partial charge in [0.05, 0.1) is 17.8 Å². The Morgan fingerprint density at radius 2 is 1.17 bits per heavy atom. The van der Waals surface area contributed by atoms with Gasteiger partial charge in [0, 0.05) is 0 Å². The van der Waals surface area contributed by atoms with Crippen LogP contribution >= 0.6 is 0 Å². The third kappa shape index (κ3) is 3.72. The molecule has 0 radical (unpaired) electrons. The number of hydrogen-bond acceptors (Lipinski definition) is 2. The third-order valence-electron chi connectivity index (χ3n) is 5.96. The molecule has 1 saturated heterocycles. The first kappa shape index (κ1) is 19.5. The summed E-state index contributed by atoms with van der Waals surface area (Å²) in [6.45, 7) is 15.4. The number of hydrogen-bond donors (Lipinski definition) is 0. The van der Waals surface area contributed by atoms with Crippen LogP contribution in [0.5, 0.6) is 0 Å². The Kier molecular flexibility index (Phi) is 4.82. The second-order valence-electron chi connectivity index (χ2n) is 8.45. The van der Waals surface area contributed by atoms with Crippen molar-refractivity contribution < 1.29 is 9.31 Å². The van der Waals surface area contributed by atoms with Crippen LogP contribution in [0.1, 0.15) is 27.7 Å². The van der Waals surface area contributed by atoms with Crippen LogP contribution in [-0.4, -0.2) is 18.3 Å². The topological polar surface area (TPSA) is 22.8 Å². The predicted octanol–water partition coefficient (Wildman–Crippen LogP) is 5.87. The van der Waals surface area contributed by atoms with Crippen LogP contribution in [0.4, 0.5) is 5.69 Å². The lowest BCUT2D eigenvalue weighted by Gasteiger charge is -2.32. The van der Waals surface area contributed by atoms with E-state index in [2.05, 4.69) is 81.1 Å².